The van der Waals surface area contributed by atoms with Gasteiger partial charge in [-0.25, -0.2) is 0 Å². The molecule has 0 fully saturated rings. The highest BCUT2D eigenvalue weighted by molar-refractivity contribution is 6.00. The number of nitrogens with zero attached hydrogens (tertiary/aromatic N) is 4. The molecule has 0 saturated heterocycles. The largest absolute Gasteiger partial charge is 0.491 e. The van der Waals surface area contributed by atoms with Gasteiger partial charge in [-0.1, -0.05) is 0 Å². The number of anilines is 2. The molecule has 0 unspecified atom stereocenters. The summed E-state index contributed by atoms with van der Waals surface area (Å²) < 4.78 is 11.6. The summed E-state index contributed by atoms with van der Waals surface area (Å²) in [6.45, 7) is 1.80. The van der Waals surface area contributed by atoms with E-state index in [4.69, 9.17) is 19.7 Å². The molecule has 10 nitrogen and oxygen atoms in total. The van der Waals surface area contributed by atoms with E-state index in [1.807, 2.05) is 29.2 Å². The molecule has 0 radical (unpaired) electrons. The van der Waals surface area contributed by atoms with E-state index in [1.54, 1.807) is 19.4 Å². The number of aliphatic hydroxyl groups is 2. The zero-order chi connectivity index (χ0) is 23.9. The molecule has 0 aliphatic heterocycles. The van der Waals surface area contributed by atoms with E-state index in [9.17, 15) is 5.26 Å². The van der Waals surface area contributed by atoms with Crippen LogP contribution in [0.2, 0.25) is 0 Å². The van der Waals surface area contributed by atoms with Gasteiger partial charge in [0.1, 0.15) is 18.2 Å². The fourth-order valence-electron chi connectivity index (χ4n) is 3.81. The number of nitrogens with one attached hydrogen (secondary N) is 2. The van der Waals surface area contributed by atoms with Crippen LogP contribution < -0.4 is 14.8 Å². The van der Waals surface area contributed by atoms with Crippen LogP contribution >= 0.6 is 0 Å². The second kappa shape index (κ2) is 10.8. The summed E-state index contributed by atoms with van der Waals surface area (Å²) in [6, 6.07) is 11.6. The number of fused-ring (bicyclic) bond motifs is 2. The van der Waals surface area contributed by atoms with Crippen LogP contribution in [0.15, 0.2) is 42.7 Å². The standard InChI is InChI=1S/C24H26N6O4/c1-33-24-21(34-11-8-30(6-9-31)7-10-32)5-4-19-22(17(13-25)14-26-23(19)24)28-18-3-2-16-15-27-29-20(16)12-18/h2-5,12,14-15,31-32H,6-11H2,1H3,(H,26,28)(H,27,29). The van der Waals surface area contributed by atoms with Crippen molar-refractivity contribution in [1.82, 2.24) is 20.1 Å². The van der Waals surface area contributed by atoms with Crippen LogP contribution in [-0.4, -0.2) is 76.9 Å². The van der Waals surface area contributed by atoms with Gasteiger partial charge in [0.15, 0.2) is 11.5 Å². The maximum absolute atomic E-state index is 9.69. The number of ether oxygens (including phenoxy) is 2. The lowest BCUT2D eigenvalue weighted by Crippen LogP contribution is -2.33. The Morgan fingerprint density at radius 1 is 1.12 bits per heavy atom. The minimum atomic E-state index is 0.00747. The topological polar surface area (TPSA) is 140 Å². The summed E-state index contributed by atoms with van der Waals surface area (Å²) >= 11 is 0. The molecule has 4 N–H and O–H groups in total. The normalized spacial score (nSPS) is 11.1. The fraction of sp³-hybridized carbons (Fsp3) is 0.292. The Kier molecular flexibility index (Phi) is 7.39. The molecule has 34 heavy (non-hydrogen) atoms. The van der Waals surface area contributed by atoms with Crippen molar-refractivity contribution >= 4 is 33.2 Å². The molecule has 0 bridgehead atoms. The van der Waals surface area contributed by atoms with Crippen molar-refractivity contribution in [1.29, 1.82) is 5.26 Å². The first kappa shape index (κ1) is 23.3. The van der Waals surface area contributed by atoms with E-state index >= 15 is 0 Å². The van der Waals surface area contributed by atoms with Gasteiger partial charge in [0, 0.05) is 42.3 Å². The summed E-state index contributed by atoms with van der Waals surface area (Å²) in [6.07, 6.45) is 3.26. The third kappa shape index (κ3) is 4.87. The van der Waals surface area contributed by atoms with E-state index in [0.29, 0.717) is 54.5 Å². The monoisotopic (exact) mass is 462 g/mol. The Balaban J connectivity index is 1.64. The maximum Gasteiger partial charge on any atom is 0.187 e. The Morgan fingerprint density at radius 2 is 1.94 bits per heavy atom. The van der Waals surface area contributed by atoms with Crippen LogP contribution in [0, 0.1) is 11.3 Å². The Labute approximate surface area is 196 Å². The number of pyridine rings is 1. The van der Waals surface area contributed by atoms with Crippen molar-refractivity contribution < 1.29 is 19.7 Å². The molecule has 4 rings (SSSR count). The molecule has 10 heteroatoms. The SMILES string of the molecule is COc1c(OCCN(CCO)CCO)ccc2c(Nc3ccc4cn[nH]c4c3)c(C#N)cnc12. The minimum absolute atomic E-state index is 0.00747. The quantitative estimate of drug-likeness (QED) is 0.264. The molecule has 0 aliphatic rings. The van der Waals surface area contributed by atoms with Crippen molar-refractivity contribution in [3.8, 4) is 17.6 Å². The lowest BCUT2D eigenvalue weighted by atomic mass is 10.1. The Morgan fingerprint density at radius 3 is 2.68 bits per heavy atom. The summed E-state index contributed by atoms with van der Waals surface area (Å²) in [5.41, 5.74) is 3.26. The van der Waals surface area contributed by atoms with Gasteiger partial charge in [0.2, 0.25) is 0 Å². The number of hydrogen-bond acceptors (Lipinski definition) is 9. The third-order valence-corrected chi connectivity index (χ3v) is 5.49. The van der Waals surface area contributed by atoms with Crippen molar-refractivity contribution in [2.75, 3.05) is 51.9 Å². The summed E-state index contributed by atoms with van der Waals surface area (Å²) in [7, 11) is 1.55. The van der Waals surface area contributed by atoms with Gasteiger partial charge in [0.25, 0.3) is 0 Å². The zero-order valence-corrected chi connectivity index (χ0v) is 18.8. The average Bonchev–Trinajstić information content (AvgIpc) is 3.32. The Bertz CT molecular complexity index is 1310. The smallest absolute Gasteiger partial charge is 0.187 e. The number of methoxy groups -OCH3 is 1. The van der Waals surface area contributed by atoms with Gasteiger partial charge in [0.05, 0.1) is 43.3 Å². The molecular weight excluding hydrogens is 436 g/mol. The molecule has 2 heterocycles. The number of nitriles is 1. The lowest BCUT2D eigenvalue weighted by molar-refractivity contribution is 0.140. The third-order valence-electron chi connectivity index (χ3n) is 5.49. The van der Waals surface area contributed by atoms with E-state index in [1.165, 1.54) is 6.20 Å². The zero-order valence-electron chi connectivity index (χ0n) is 18.8. The molecular formula is C24H26N6O4. The second-order valence-corrected chi connectivity index (χ2v) is 7.59. The van der Waals surface area contributed by atoms with Gasteiger partial charge in [-0.15, -0.1) is 0 Å². The number of aliphatic hydroxyl groups excluding tert-OH is 2. The highest BCUT2D eigenvalue weighted by Gasteiger charge is 2.17. The number of aromatic nitrogens is 3. The Hall–Kier alpha value is -3.91. The second-order valence-electron chi connectivity index (χ2n) is 7.59. The molecule has 2 aromatic carbocycles. The minimum Gasteiger partial charge on any atom is -0.491 e. The van der Waals surface area contributed by atoms with Crippen LogP contribution in [-0.2, 0) is 0 Å². The first-order chi connectivity index (χ1) is 16.7. The van der Waals surface area contributed by atoms with Crippen molar-refractivity contribution in [2.45, 2.75) is 0 Å². The summed E-state index contributed by atoms with van der Waals surface area (Å²) in [5.74, 6) is 0.981. The van der Waals surface area contributed by atoms with Crippen LogP contribution in [0.5, 0.6) is 11.5 Å². The molecule has 176 valence electrons. The van der Waals surface area contributed by atoms with Crippen LogP contribution in [0.25, 0.3) is 21.8 Å². The number of aromatic amines is 1. The van der Waals surface area contributed by atoms with Crippen LogP contribution in [0.4, 0.5) is 11.4 Å². The number of H-pyrrole nitrogens is 1. The maximum atomic E-state index is 9.69. The average molecular weight is 463 g/mol. The summed E-state index contributed by atoms with van der Waals surface area (Å²) in [4.78, 5) is 6.38. The molecule has 0 amide bonds. The van der Waals surface area contributed by atoms with Gasteiger partial charge in [-0.2, -0.15) is 10.4 Å². The molecule has 0 saturated carbocycles. The van der Waals surface area contributed by atoms with Gasteiger partial charge in [-0.05, 0) is 30.3 Å². The van der Waals surface area contributed by atoms with E-state index in [2.05, 4.69) is 26.6 Å². The van der Waals surface area contributed by atoms with Crippen LogP contribution in [0.3, 0.4) is 0 Å². The number of hydrogen-bond donors (Lipinski definition) is 4. The van der Waals surface area contributed by atoms with Crippen LogP contribution in [0.1, 0.15) is 5.56 Å². The van der Waals surface area contributed by atoms with Gasteiger partial charge < -0.3 is 25.0 Å². The number of rotatable bonds is 11. The summed E-state index contributed by atoms with van der Waals surface area (Å²) in [5, 5.41) is 40.1. The predicted octanol–water partition coefficient (Wildman–Crippen LogP) is 2.40. The first-order valence-corrected chi connectivity index (χ1v) is 10.8. The van der Waals surface area contributed by atoms with Gasteiger partial charge >= 0.3 is 0 Å². The fourth-order valence-corrected chi connectivity index (χ4v) is 3.81. The molecule has 0 spiro atoms. The molecule has 0 atom stereocenters. The highest BCUT2D eigenvalue weighted by Crippen LogP contribution is 2.39. The van der Waals surface area contributed by atoms with Crippen molar-refractivity contribution in [2.24, 2.45) is 0 Å². The van der Waals surface area contributed by atoms with Crippen molar-refractivity contribution in [3.05, 3.63) is 48.3 Å². The first-order valence-electron chi connectivity index (χ1n) is 10.8. The van der Waals surface area contributed by atoms with E-state index in [0.717, 1.165) is 22.0 Å². The highest BCUT2D eigenvalue weighted by atomic mass is 16.5. The molecule has 0 aliphatic carbocycles. The molecule has 4 aromatic rings. The predicted molar refractivity (Wildman–Crippen MR) is 128 cm³/mol. The molecule has 2 aromatic heterocycles. The number of benzene rings is 2. The van der Waals surface area contributed by atoms with Gasteiger partial charge in [-0.3, -0.25) is 15.0 Å². The van der Waals surface area contributed by atoms with E-state index < -0.39 is 0 Å². The van der Waals surface area contributed by atoms with E-state index in [-0.39, 0.29) is 13.2 Å². The lowest BCUT2D eigenvalue weighted by Gasteiger charge is -2.21. The van der Waals surface area contributed by atoms with Crippen molar-refractivity contribution in [3.63, 3.8) is 0 Å².